The van der Waals surface area contributed by atoms with E-state index in [4.69, 9.17) is 14.3 Å². The maximum atomic E-state index is 12.4. The van der Waals surface area contributed by atoms with Crippen molar-refractivity contribution >= 4 is 28.4 Å². The number of anilines is 1. The number of aromatic nitrogens is 1. The fraction of sp³-hybridized carbons (Fsp3) is 0.156. The molecule has 0 aliphatic heterocycles. The lowest BCUT2D eigenvalue weighted by molar-refractivity contribution is -0.137. The van der Waals surface area contributed by atoms with Crippen molar-refractivity contribution in [2.24, 2.45) is 0 Å². The molecule has 7 heteroatoms. The second-order valence-electron chi connectivity index (χ2n) is 9.20. The molecule has 5 rings (SSSR count). The zero-order valence-corrected chi connectivity index (χ0v) is 21.2. The summed E-state index contributed by atoms with van der Waals surface area (Å²) in [6.45, 7) is 0.330. The lowest BCUT2D eigenvalue weighted by atomic mass is 10.0. The van der Waals surface area contributed by atoms with Crippen molar-refractivity contribution < 1.29 is 23.8 Å². The predicted molar refractivity (Wildman–Crippen MR) is 150 cm³/mol. The van der Waals surface area contributed by atoms with E-state index in [1.807, 2.05) is 84.9 Å². The van der Waals surface area contributed by atoms with E-state index in [1.54, 1.807) is 18.3 Å². The van der Waals surface area contributed by atoms with Crippen LogP contribution >= 0.6 is 0 Å². The number of ketones is 1. The van der Waals surface area contributed by atoms with E-state index in [-0.39, 0.29) is 24.7 Å². The minimum Gasteiger partial charge on any atom is -0.481 e. The molecule has 196 valence electrons. The van der Waals surface area contributed by atoms with Crippen LogP contribution in [0.5, 0.6) is 5.88 Å². The van der Waals surface area contributed by atoms with Gasteiger partial charge in [-0.05, 0) is 54.4 Å². The second kappa shape index (κ2) is 12.1. The van der Waals surface area contributed by atoms with Crippen LogP contribution in [-0.4, -0.2) is 28.4 Å². The van der Waals surface area contributed by atoms with Crippen LogP contribution in [0.15, 0.2) is 108 Å². The molecule has 2 aromatic heterocycles. The molecule has 0 bridgehead atoms. The van der Waals surface area contributed by atoms with Gasteiger partial charge in [-0.1, -0.05) is 48.5 Å². The van der Waals surface area contributed by atoms with Crippen molar-refractivity contribution in [3.05, 3.63) is 114 Å². The van der Waals surface area contributed by atoms with E-state index in [0.29, 0.717) is 24.5 Å². The smallest absolute Gasteiger partial charge is 0.303 e. The zero-order valence-electron chi connectivity index (χ0n) is 21.2. The van der Waals surface area contributed by atoms with E-state index >= 15 is 0 Å². The van der Waals surface area contributed by atoms with Gasteiger partial charge in [-0.15, -0.1) is 0 Å². The molecule has 0 aliphatic carbocycles. The summed E-state index contributed by atoms with van der Waals surface area (Å²) in [6.07, 6.45) is 2.27. The molecule has 1 atom stereocenters. The number of carbonyl (C=O) groups is 2. The zero-order chi connectivity index (χ0) is 27.0. The first-order valence-electron chi connectivity index (χ1n) is 12.8. The highest BCUT2D eigenvalue weighted by Gasteiger charge is 2.14. The van der Waals surface area contributed by atoms with Gasteiger partial charge in [-0.2, -0.15) is 0 Å². The molecular formula is C32H28N2O5. The Hall–Kier alpha value is -4.91. The lowest BCUT2D eigenvalue weighted by Gasteiger charge is -2.21. The Labute approximate surface area is 226 Å². The van der Waals surface area contributed by atoms with Crippen molar-refractivity contribution in [1.29, 1.82) is 0 Å². The number of hydrogen-bond acceptors (Lipinski definition) is 6. The first kappa shape index (κ1) is 25.7. The highest BCUT2D eigenvalue weighted by molar-refractivity contribution is 5.96. The summed E-state index contributed by atoms with van der Waals surface area (Å²) in [5.74, 6) is 0.291. The molecule has 0 saturated carbocycles. The molecule has 0 saturated heterocycles. The molecule has 39 heavy (non-hydrogen) atoms. The van der Waals surface area contributed by atoms with Crippen LogP contribution in [0.1, 0.15) is 41.2 Å². The molecule has 5 aromatic rings. The Bertz CT molecular complexity index is 1510. The number of benzene rings is 3. The standard InChI is InChI=1S/C32H28N2O5/c35-28(10-6-12-32(36)37)23-13-16-26(17-14-23)34-27(22-7-2-1-3-8-22)21-38-31-18-15-25(20-33-31)30-19-24-9-4-5-11-29(24)39-30/h1-5,7-9,11,13-20,27,34H,6,10,12,21H2,(H,36,37)/t27-/m1/s1. The fourth-order valence-corrected chi connectivity index (χ4v) is 4.31. The number of aliphatic carboxylic acids is 1. The van der Waals surface area contributed by atoms with Crippen LogP contribution in [0.2, 0.25) is 0 Å². The first-order valence-corrected chi connectivity index (χ1v) is 12.8. The number of carbonyl (C=O) groups excluding carboxylic acids is 1. The number of carboxylic acids is 1. The maximum Gasteiger partial charge on any atom is 0.303 e. The Morgan fingerprint density at radius 1 is 0.897 bits per heavy atom. The Balaban J connectivity index is 1.24. The van der Waals surface area contributed by atoms with E-state index in [9.17, 15) is 9.59 Å². The Morgan fingerprint density at radius 2 is 1.67 bits per heavy atom. The van der Waals surface area contributed by atoms with Gasteiger partial charge in [0.1, 0.15) is 18.0 Å². The van der Waals surface area contributed by atoms with Gasteiger partial charge in [0.2, 0.25) is 5.88 Å². The summed E-state index contributed by atoms with van der Waals surface area (Å²) >= 11 is 0. The van der Waals surface area contributed by atoms with E-state index in [1.165, 1.54) is 0 Å². The van der Waals surface area contributed by atoms with E-state index in [2.05, 4.69) is 10.3 Å². The molecule has 0 aliphatic rings. The minimum atomic E-state index is -0.895. The van der Waals surface area contributed by atoms with Gasteiger partial charge in [-0.25, -0.2) is 4.98 Å². The number of carboxylic acid groups (broad SMARTS) is 1. The summed E-state index contributed by atoms with van der Waals surface area (Å²) < 4.78 is 12.0. The number of rotatable bonds is 12. The van der Waals surface area contributed by atoms with Crippen LogP contribution in [0.3, 0.4) is 0 Å². The molecule has 2 heterocycles. The largest absolute Gasteiger partial charge is 0.481 e. The molecule has 3 aromatic carbocycles. The number of pyridine rings is 1. The highest BCUT2D eigenvalue weighted by Crippen LogP contribution is 2.28. The van der Waals surface area contributed by atoms with Crippen molar-refractivity contribution in [3.8, 4) is 17.2 Å². The van der Waals surface area contributed by atoms with Gasteiger partial charge in [-0.3, -0.25) is 9.59 Å². The van der Waals surface area contributed by atoms with Gasteiger partial charge in [0.15, 0.2) is 5.78 Å². The van der Waals surface area contributed by atoms with Crippen molar-refractivity contribution in [2.75, 3.05) is 11.9 Å². The Morgan fingerprint density at radius 3 is 2.38 bits per heavy atom. The quantitative estimate of drug-likeness (QED) is 0.168. The lowest BCUT2D eigenvalue weighted by Crippen LogP contribution is -2.19. The number of nitrogens with one attached hydrogen (secondary N) is 1. The van der Waals surface area contributed by atoms with Gasteiger partial charge in [0, 0.05) is 47.3 Å². The average Bonchev–Trinajstić information content (AvgIpc) is 3.40. The van der Waals surface area contributed by atoms with Crippen LogP contribution in [-0.2, 0) is 4.79 Å². The maximum absolute atomic E-state index is 12.4. The van der Waals surface area contributed by atoms with Gasteiger partial charge in [0.25, 0.3) is 0 Å². The van der Waals surface area contributed by atoms with E-state index < -0.39 is 5.97 Å². The number of hydrogen-bond donors (Lipinski definition) is 2. The summed E-state index contributed by atoms with van der Waals surface area (Å²) in [4.78, 5) is 27.5. The van der Waals surface area contributed by atoms with Crippen molar-refractivity contribution in [2.45, 2.75) is 25.3 Å². The van der Waals surface area contributed by atoms with Crippen LogP contribution < -0.4 is 10.1 Å². The fourth-order valence-electron chi connectivity index (χ4n) is 4.31. The number of fused-ring (bicyclic) bond motifs is 1. The number of furan rings is 1. The van der Waals surface area contributed by atoms with Crippen LogP contribution in [0, 0.1) is 0 Å². The molecule has 7 nitrogen and oxygen atoms in total. The molecule has 0 unspecified atom stereocenters. The van der Waals surface area contributed by atoms with Crippen LogP contribution in [0.25, 0.3) is 22.3 Å². The third-order valence-electron chi connectivity index (χ3n) is 6.39. The molecule has 0 spiro atoms. The van der Waals surface area contributed by atoms with Crippen LogP contribution in [0.4, 0.5) is 5.69 Å². The summed E-state index contributed by atoms with van der Waals surface area (Å²) in [5, 5.41) is 13.3. The number of ether oxygens (including phenoxy) is 1. The summed E-state index contributed by atoms with van der Waals surface area (Å²) in [5.41, 5.74) is 4.15. The molecule has 0 radical (unpaired) electrons. The third kappa shape index (κ3) is 6.70. The normalized spacial score (nSPS) is 11.7. The van der Waals surface area contributed by atoms with Crippen molar-refractivity contribution in [1.82, 2.24) is 4.98 Å². The third-order valence-corrected chi connectivity index (χ3v) is 6.39. The molecule has 0 fully saturated rings. The average molecular weight is 521 g/mol. The van der Waals surface area contributed by atoms with Gasteiger partial charge in [0.05, 0.1) is 6.04 Å². The predicted octanol–water partition coefficient (Wildman–Crippen LogP) is 7.16. The minimum absolute atomic E-state index is 0.0123. The second-order valence-corrected chi connectivity index (χ2v) is 9.20. The molecule has 0 amide bonds. The van der Waals surface area contributed by atoms with E-state index in [0.717, 1.165) is 33.5 Å². The number of para-hydroxylation sites is 1. The number of Topliss-reactive ketones (excluding diaryl/α,β-unsaturated/α-hetero) is 1. The van der Waals surface area contributed by atoms with Crippen molar-refractivity contribution in [3.63, 3.8) is 0 Å². The summed E-state index contributed by atoms with van der Waals surface area (Å²) in [7, 11) is 0. The number of nitrogens with zero attached hydrogens (tertiary/aromatic N) is 1. The van der Waals surface area contributed by atoms with Gasteiger partial charge < -0.3 is 19.6 Å². The first-order chi connectivity index (χ1) is 19.0. The topological polar surface area (TPSA) is 102 Å². The molecular weight excluding hydrogens is 492 g/mol. The molecule has 2 N–H and O–H groups in total. The van der Waals surface area contributed by atoms with Gasteiger partial charge >= 0.3 is 5.97 Å². The highest BCUT2D eigenvalue weighted by atomic mass is 16.5. The SMILES string of the molecule is O=C(O)CCCC(=O)c1ccc(N[C@H](COc2ccc(-c3cc4ccccc4o3)cn2)c2ccccc2)cc1. The summed E-state index contributed by atoms with van der Waals surface area (Å²) in [6, 6.07) is 30.6. The Kier molecular flexibility index (Phi) is 7.98. The monoisotopic (exact) mass is 520 g/mol.